The molecule has 0 radical (unpaired) electrons. The number of carbonyl (C=O) groups is 1. The Morgan fingerprint density at radius 2 is 2.06 bits per heavy atom. The zero-order valence-electron chi connectivity index (χ0n) is 11.5. The van der Waals surface area contributed by atoms with Gasteiger partial charge in [0, 0.05) is 24.8 Å². The number of hydrogen-bond acceptors (Lipinski definition) is 2. The number of nitrogen functional groups attached to an aromatic ring is 1. The summed E-state index contributed by atoms with van der Waals surface area (Å²) in [5.41, 5.74) is 9.22. The van der Waals surface area contributed by atoms with Crippen LogP contribution in [0.4, 0.5) is 5.69 Å². The van der Waals surface area contributed by atoms with Crippen LogP contribution in [0.3, 0.4) is 0 Å². The molecule has 0 saturated heterocycles. The molecule has 0 heterocycles. The van der Waals surface area contributed by atoms with Crippen LogP contribution in [0, 0.1) is 13.8 Å². The minimum absolute atomic E-state index is 0.0308. The van der Waals surface area contributed by atoms with Gasteiger partial charge in [-0.2, -0.15) is 0 Å². The highest BCUT2D eigenvalue weighted by atomic mass is 16.2. The van der Waals surface area contributed by atoms with Crippen LogP contribution in [0.5, 0.6) is 0 Å². The van der Waals surface area contributed by atoms with Crippen molar-refractivity contribution >= 4 is 11.6 Å². The number of amides is 1. The van der Waals surface area contributed by atoms with Crippen molar-refractivity contribution in [2.75, 3.05) is 19.3 Å². The van der Waals surface area contributed by atoms with E-state index in [4.69, 9.17) is 5.73 Å². The number of aryl methyl sites for hydroxylation is 2. The van der Waals surface area contributed by atoms with Gasteiger partial charge in [0.1, 0.15) is 0 Å². The van der Waals surface area contributed by atoms with E-state index in [1.165, 1.54) is 0 Å². The lowest BCUT2D eigenvalue weighted by Crippen LogP contribution is -2.28. The smallest absolute Gasteiger partial charge is 0.253 e. The molecule has 0 unspecified atom stereocenters. The number of rotatable bonds is 5. The highest BCUT2D eigenvalue weighted by Gasteiger charge is 2.14. The number of unbranched alkanes of at least 4 members (excludes halogenated alkanes) is 1. The first-order valence-electron chi connectivity index (χ1n) is 6.20. The standard InChI is InChI=1S/C15H22N2O/c1-5-6-7-8-17(4)15(18)13-10-14(16)12(3)9-11(13)2/h5,9-10H,1,6-8,16H2,2-4H3. The van der Waals surface area contributed by atoms with Gasteiger partial charge in [-0.05, 0) is 43.9 Å². The van der Waals surface area contributed by atoms with Crippen molar-refractivity contribution in [1.29, 1.82) is 0 Å². The summed E-state index contributed by atoms with van der Waals surface area (Å²) in [7, 11) is 1.82. The Labute approximate surface area is 109 Å². The summed E-state index contributed by atoms with van der Waals surface area (Å²) in [5, 5.41) is 0. The third-order valence-electron chi connectivity index (χ3n) is 3.09. The second-order valence-corrected chi connectivity index (χ2v) is 4.68. The SMILES string of the molecule is C=CCCCN(C)C(=O)c1cc(N)c(C)cc1C. The molecule has 0 aliphatic carbocycles. The summed E-state index contributed by atoms with van der Waals surface area (Å²) in [6, 6.07) is 3.73. The van der Waals surface area contributed by atoms with Gasteiger partial charge >= 0.3 is 0 Å². The molecule has 0 bridgehead atoms. The van der Waals surface area contributed by atoms with Crippen molar-refractivity contribution in [3.05, 3.63) is 41.5 Å². The van der Waals surface area contributed by atoms with Crippen molar-refractivity contribution in [1.82, 2.24) is 4.90 Å². The molecule has 0 spiro atoms. The fraction of sp³-hybridized carbons (Fsp3) is 0.400. The van der Waals surface area contributed by atoms with E-state index in [0.717, 1.165) is 30.5 Å². The zero-order valence-corrected chi connectivity index (χ0v) is 11.5. The number of nitrogens with two attached hydrogens (primary N) is 1. The molecule has 18 heavy (non-hydrogen) atoms. The predicted molar refractivity (Wildman–Crippen MR) is 76.7 cm³/mol. The molecule has 1 amide bonds. The van der Waals surface area contributed by atoms with Gasteiger partial charge < -0.3 is 10.6 Å². The maximum atomic E-state index is 12.3. The Bertz CT molecular complexity index is 452. The summed E-state index contributed by atoms with van der Waals surface area (Å²) < 4.78 is 0. The third-order valence-corrected chi connectivity index (χ3v) is 3.09. The summed E-state index contributed by atoms with van der Waals surface area (Å²) in [6.07, 6.45) is 3.73. The fourth-order valence-corrected chi connectivity index (χ4v) is 1.88. The number of hydrogen-bond donors (Lipinski definition) is 1. The molecule has 2 N–H and O–H groups in total. The van der Waals surface area contributed by atoms with Gasteiger partial charge in [-0.3, -0.25) is 4.79 Å². The second-order valence-electron chi connectivity index (χ2n) is 4.68. The average Bonchev–Trinajstić information content (AvgIpc) is 2.33. The van der Waals surface area contributed by atoms with Gasteiger partial charge in [0.15, 0.2) is 0 Å². The van der Waals surface area contributed by atoms with E-state index in [1.54, 1.807) is 11.0 Å². The van der Waals surface area contributed by atoms with Gasteiger partial charge in [0.2, 0.25) is 0 Å². The van der Waals surface area contributed by atoms with Crippen molar-refractivity contribution in [3.63, 3.8) is 0 Å². The Morgan fingerprint density at radius 3 is 2.67 bits per heavy atom. The topological polar surface area (TPSA) is 46.3 Å². The molecule has 1 aromatic carbocycles. The molecule has 0 aromatic heterocycles. The van der Waals surface area contributed by atoms with E-state index in [0.29, 0.717) is 11.3 Å². The lowest BCUT2D eigenvalue weighted by atomic mass is 10.0. The van der Waals surface area contributed by atoms with Gasteiger partial charge in [0.05, 0.1) is 0 Å². The molecule has 0 aliphatic rings. The van der Waals surface area contributed by atoms with Gasteiger partial charge in [-0.15, -0.1) is 6.58 Å². The first-order valence-corrected chi connectivity index (χ1v) is 6.20. The van der Waals surface area contributed by atoms with E-state index < -0.39 is 0 Å². The van der Waals surface area contributed by atoms with Crippen molar-refractivity contribution < 1.29 is 4.79 Å². The van der Waals surface area contributed by atoms with Crippen molar-refractivity contribution in [3.8, 4) is 0 Å². The molecule has 3 nitrogen and oxygen atoms in total. The number of anilines is 1. The monoisotopic (exact) mass is 246 g/mol. The molecule has 1 rings (SSSR count). The Balaban J connectivity index is 2.83. The minimum atomic E-state index is 0.0308. The van der Waals surface area contributed by atoms with Crippen LogP contribution in [0.1, 0.15) is 34.3 Å². The van der Waals surface area contributed by atoms with E-state index >= 15 is 0 Å². The zero-order chi connectivity index (χ0) is 13.7. The molecule has 3 heteroatoms. The average molecular weight is 246 g/mol. The first-order chi connectivity index (χ1) is 8.47. The molecular weight excluding hydrogens is 224 g/mol. The summed E-state index contributed by atoms with van der Waals surface area (Å²) in [5.74, 6) is 0.0308. The van der Waals surface area contributed by atoms with E-state index in [-0.39, 0.29) is 5.91 Å². The fourth-order valence-electron chi connectivity index (χ4n) is 1.88. The van der Waals surface area contributed by atoms with Crippen LogP contribution in [-0.2, 0) is 0 Å². The molecule has 1 aromatic rings. The van der Waals surface area contributed by atoms with Crippen LogP contribution < -0.4 is 5.73 Å². The highest BCUT2D eigenvalue weighted by Crippen LogP contribution is 2.19. The minimum Gasteiger partial charge on any atom is -0.398 e. The summed E-state index contributed by atoms with van der Waals surface area (Å²) in [6.45, 7) is 8.30. The van der Waals surface area contributed by atoms with Gasteiger partial charge in [-0.25, -0.2) is 0 Å². The Hall–Kier alpha value is -1.77. The van der Waals surface area contributed by atoms with Crippen molar-refractivity contribution in [2.45, 2.75) is 26.7 Å². The Kier molecular flexibility index (Phi) is 4.95. The van der Waals surface area contributed by atoms with E-state index in [1.807, 2.05) is 33.0 Å². The molecule has 0 saturated carbocycles. The number of benzene rings is 1. The lowest BCUT2D eigenvalue weighted by molar-refractivity contribution is 0.0793. The number of nitrogens with zero attached hydrogens (tertiary/aromatic N) is 1. The Morgan fingerprint density at radius 1 is 1.39 bits per heavy atom. The van der Waals surface area contributed by atoms with Gasteiger partial charge in [-0.1, -0.05) is 12.1 Å². The normalized spacial score (nSPS) is 10.2. The molecule has 98 valence electrons. The predicted octanol–water partition coefficient (Wildman–Crippen LogP) is 2.92. The molecule has 0 fully saturated rings. The van der Waals surface area contributed by atoms with E-state index in [9.17, 15) is 4.79 Å². The molecule has 0 aliphatic heterocycles. The third kappa shape index (κ3) is 3.36. The van der Waals surface area contributed by atoms with Crippen molar-refractivity contribution in [2.24, 2.45) is 0 Å². The van der Waals surface area contributed by atoms with Crippen LogP contribution in [0.2, 0.25) is 0 Å². The first kappa shape index (κ1) is 14.3. The lowest BCUT2D eigenvalue weighted by Gasteiger charge is -2.18. The maximum Gasteiger partial charge on any atom is 0.253 e. The number of allylic oxidation sites excluding steroid dienone is 1. The van der Waals surface area contributed by atoms with E-state index in [2.05, 4.69) is 6.58 Å². The quantitative estimate of drug-likeness (QED) is 0.493. The largest absolute Gasteiger partial charge is 0.398 e. The van der Waals surface area contributed by atoms with Crippen LogP contribution in [0.15, 0.2) is 24.8 Å². The van der Waals surface area contributed by atoms with Crippen LogP contribution in [0.25, 0.3) is 0 Å². The van der Waals surface area contributed by atoms with Gasteiger partial charge in [0.25, 0.3) is 5.91 Å². The molecular formula is C15H22N2O. The summed E-state index contributed by atoms with van der Waals surface area (Å²) in [4.78, 5) is 14.0. The second kappa shape index (κ2) is 6.24. The number of carbonyl (C=O) groups excluding carboxylic acids is 1. The molecule has 0 atom stereocenters. The highest BCUT2D eigenvalue weighted by molar-refractivity contribution is 5.96. The maximum absolute atomic E-state index is 12.3. The van der Waals surface area contributed by atoms with Crippen LogP contribution in [-0.4, -0.2) is 24.4 Å². The van der Waals surface area contributed by atoms with Crippen LogP contribution >= 0.6 is 0 Å². The summed E-state index contributed by atoms with van der Waals surface area (Å²) >= 11 is 0.